The number of imidazole rings is 1. The molecule has 0 aliphatic carbocycles. The van der Waals surface area contributed by atoms with Gasteiger partial charge in [0, 0.05) is 29.7 Å². The number of nitrogens with one attached hydrogen (secondary N) is 1. The topological polar surface area (TPSA) is 72.4 Å². The normalized spacial score (nSPS) is 11.0. The number of aryl methyl sites for hydroxylation is 2. The Labute approximate surface area is 144 Å². The molecule has 0 aliphatic heterocycles. The number of aromatic nitrogens is 3. The molecule has 0 saturated carbocycles. The van der Waals surface area contributed by atoms with E-state index >= 15 is 0 Å². The van der Waals surface area contributed by atoms with E-state index in [-0.39, 0.29) is 11.6 Å². The maximum atomic E-state index is 12.1. The number of nitrogens with zero attached hydrogens (tertiary/aromatic N) is 3. The molecule has 0 spiro atoms. The molecule has 6 heteroatoms. The molecule has 4 aromatic rings. The summed E-state index contributed by atoms with van der Waals surface area (Å²) in [5.41, 5.74) is 4.89. The maximum Gasteiger partial charge on any atom is 0.277 e. The van der Waals surface area contributed by atoms with Crippen LogP contribution in [0.3, 0.4) is 0 Å². The highest BCUT2D eigenvalue weighted by atomic mass is 16.5. The number of carbonyl (C=O) groups is 1. The molecule has 4 rings (SSSR count). The Morgan fingerprint density at radius 2 is 1.96 bits per heavy atom. The molecule has 0 saturated heterocycles. The minimum Gasteiger partial charge on any atom is -0.361 e. The minimum atomic E-state index is -0.298. The van der Waals surface area contributed by atoms with E-state index in [9.17, 15) is 4.79 Å². The summed E-state index contributed by atoms with van der Waals surface area (Å²) in [6.07, 6.45) is 3.97. The smallest absolute Gasteiger partial charge is 0.277 e. The van der Waals surface area contributed by atoms with Crippen LogP contribution in [0.1, 0.15) is 21.8 Å². The third-order valence-electron chi connectivity index (χ3n) is 3.98. The van der Waals surface area contributed by atoms with E-state index in [1.807, 2.05) is 60.1 Å². The fourth-order valence-electron chi connectivity index (χ4n) is 2.69. The highest BCUT2D eigenvalue weighted by molar-refractivity contribution is 6.02. The van der Waals surface area contributed by atoms with Gasteiger partial charge in [0.15, 0.2) is 5.69 Å². The molecule has 0 atom stereocenters. The lowest BCUT2D eigenvalue weighted by Gasteiger charge is -2.03. The Morgan fingerprint density at radius 1 is 1.16 bits per heavy atom. The monoisotopic (exact) mass is 332 g/mol. The molecular formula is C19H16N4O2. The summed E-state index contributed by atoms with van der Waals surface area (Å²) in [5.74, 6) is 0.301. The molecular weight excluding hydrogens is 316 g/mol. The Hall–Kier alpha value is -3.41. The molecule has 0 bridgehead atoms. The Morgan fingerprint density at radius 3 is 2.64 bits per heavy atom. The van der Waals surface area contributed by atoms with E-state index in [2.05, 4.69) is 15.5 Å². The van der Waals surface area contributed by atoms with Crippen LogP contribution in [0.5, 0.6) is 0 Å². The first-order valence-electron chi connectivity index (χ1n) is 7.89. The van der Waals surface area contributed by atoms with Crippen molar-refractivity contribution >= 4 is 17.2 Å². The van der Waals surface area contributed by atoms with Gasteiger partial charge >= 0.3 is 0 Å². The Balaban J connectivity index is 1.57. The lowest BCUT2D eigenvalue weighted by molar-refractivity contribution is 0.101. The van der Waals surface area contributed by atoms with Crippen molar-refractivity contribution in [1.29, 1.82) is 0 Å². The fraction of sp³-hybridized carbons (Fsp3) is 0.105. The number of carbonyl (C=O) groups excluding carboxylic acids is 1. The van der Waals surface area contributed by atoms with Crippen LogP contribution in [0.25, 0.3) is 16.9 Å². The van der Waals surface area contributed by atoms with Crippen molar-refractivity contribution in [2.24, 2.45) is 0 Å². The molecule has 3 aromatic heterocycles. The minimum absolute atomic E-state index is 0.261. The van der Waals surface area contributed by atoms with Crippen LogP contribution in [-0.2, 0) is 0 Å². The van der Waals surface area contributed by atoms with Crippen LogP contribution in [0.4, 0.5) is 5.69 Å². The zero-order valence-electron chi connectivity index (χ0n) is 13.9. The second-order valence-electron chi connectivity index (χ2n) is 5.90. The number of rotatable bonds is 3. The van der Waals surface area contributed by atoms with Gasteiger partial charge in [-0.25, -0.2) is 4.98 Å². The largest absolute Gasteiger partial charge is 0.361 e. The third kappa shape index (κ3) is 2.89. The third-order valence-corrected chi connectivity index (χ3v) is 3.98. The standard InChI is InChI=1S/C19H16N4O2/c1-12-4-3-9-23-11-17(21-18(12)23)14-5-7-15(8-6-14)20-19(24)16-10-13(2)25-22-16/h3-11H,1-2H3,(H,20,24). The molecule has 0 unspecified atom stereocenters. The molecule has 6 nitrogen and oxygen atoms in total. The zero-order valence-corrected chi connectivity index (χ0v) is 13.9. The van der Waals surface area contributed by atoms with Crippen molar-refractivity contribution in [1.82, 2.24) is 14.5 Å². The van der Waals surface area contributed by atoms with E-state index in [0.717, 1.165) is 22.5 Å². The van der Waals surface area contributed by atoms with Gasteiger partial charge in [0.05, 0.1) is 5.69 Å². The number of amides is 1. The first-order chi connectivity index (χ1) is 12.1. The van der Waals surface area contributed by atoms with Gasteiger partial charge in [0.25, 0.3) is 5.91 Å². The van der Waals surface area contributed by atoms with Crippen molar-refractivity contribution in [2.45, 2.75) is 13.8 Å². The van der Waals surface area contributed by atoms with Gasteiger partial charge in [0.2, 0.25) is 0 Å². The molecule has 25 heavy (non-hydrogen) atoms. The zero-order chi connectivity index (χ0) is 17.4. The summed E-state index contributed by atoms with van der Waals surface area (Å²) < 4.78 is 6.92. The van der Waals surface area contributed by atoms with Crippen LogP contribution in [-0.4, -0.2) is 20.4 Å². The average molecular weight is 332 g/mol. The summed E-state index contributed by atoms with van der Waals surface area (Å²) >= 11 is 0. The first-order valence-corrected chi connectivity index (χ1v) is 7.89. The van der Waals surface area contributed by atoms with Gasteiger partial charge in [-0.1, -0.05) is 23.4 Å². The van der Waals surface area contributed by atoms with Crippen LogP contribution in [0.15, 0.2) is 59.4 Å². The molecule has 1 aromatic carbocycles. The van der Waals surface area contributed by atoms with Gasteiger partial charge < -0.3 is 14.2 Å². The summed E-state index contributed by atoms with van der Waals surface area (Å²) in [6.45, 7) is 3.78. The van der Waals surface area contributed by atoms with E-state index in [1.54, 1.807) is 13.0 Å². The molecule has 1 N–H and O–H groups in total. The van der Waals surface area contributed by atoms with Gasteiger partial charge in [-0.15, -0.1) is 0 Å². The molecule has 1 amide bonds. The van der Waals surface area contributed by atoms with E-state index in [4.69, 9.17) is 4.52 Å². The van der Waals surface area contributed by atoms with Crippen LogP contribution < -0.4 is 5.32 Å². The van der Waals surface area contributed by atoms with E-state index in [1.165, 1.54) is 0 Å². The van der Waals surface area contributed by atoms with Crippen LogP contribution in [0.2, 0.25) is 0 Å². The van der Waals surface area contributed by atoms with Crippen molar-refractivity contribution in [3.8, 4) is 11.3 Å². The molecule has 0 aliphatic rings. The van der Waals surface area contributed by atoms with E-state index < -0.39 is 0 Å². The summed E-state index contributed by atoms with van der Waals surface area (Å²) in [5, 5.41) is 6.51. The molecule has 3 heterocycles. The number of pyridine rings is 1. The average Bonchev–Trinajstić information content (AvgIpc) is 3.23. The van der Waals surface area contributed by atoms with Gasteiger partial charge in [-0.2, -0.15) is 0 Å². The van der Waals surface area contributed by atoms with Crippen molar-refractivity contribution in [3.63, 3.8) is 0 Å². The Bertz CT molecular complexity index is 1060. The van der Waals surface area contributed by atoms with Crippen molar-refractivity contribution < 1.29 is 9.32 Å². The number of anilines is 1. The van der Waals surface area contributed by atoms with Gasteiger partial charge in [-0.3, -0.25) is 4.79 Å². The molecule has 124 valence electrons. The number of hydrogen-bond donors (Lipinski definition) is 1. The Kier molecular flexibility index (Phi) is 3.57. The van der Waals surface area contributed by atoms with Gasteiger partial charge in [0.1, 0.15) is 11.4 Å². The van der Waals surface area contributed by atoms with Crippen LogP contribution in [0, 0.1) is 13.8 Å². The number of fused-ring (bicyclic) bond motifs is 1. The second-order valence-corrected chi connectivity index (χ2v) is 5.90. The number of hydrogen-bond acceptors (Lipinski definition) is 4. The lowest BCUT2D eigenvalue weighted by atomic mass is 10.1. The maximum absolute atomic E-state index is 12.1. The highest BCUT2D eigenvalue weighted by Gasteiger charge is 2.11. The molecule has 0 fully saturated rings. The first kappa shape index (κ1) is 15.1. The summed E-state index contributed by atoms with van der Waals surface area (Å²) in [7, 11) is 0. The summed E-state index contributed by atoms with van der Waals surface area (Å²) in [6, 6.07) is 13.2. The highest BCUT2D eigenvalue weighted by Crippen LogP contribution is 2.22. The fourth-order valence-corrected chi connectivity index (χ4v) is 2.69. The van der Waals surface area contributed by atoms with Crippen LogP contribution >= 0.6 is 0 Å². The van der Waals surface area contributed by atoms with Gasteiger partial charge in [-0.05, 0) is 37.6 Å². The van der Waals surface area contributed by atoms with Crippen molar-refractivity contribution in [3.05, 3.63) is 71.9 Å². The quantitative estimate of drug-likeness (QED) is 0.618. The predicted molar refractivity (Wildman–Crippen MR) is 94.6 cm³/mol. The number of benzene rings is 1. The molecule has 0 radical (unpaired) electrons. The lowest BCUT2D eigenvalue weighted by Crippen LogP contribution is -2.11. The SMILES string of the molecule is Cc1cc(C(=O)Nc2ccc(-c3cn4cccc(C)c4n3)cc2)no1. The van der Waals surface area contributed by atoms with E-state index in [0.29, 0.717) is 11.4 Å². The van der Waals surface area contributed by atoms with Crippen molar-refractivity contribution in [2.75, 3.05) is 5.32 Å². The predicted octanol–water partition coefficient (Wildman–Crippen LogP) is 3.86. The summed E-state index contributed by atoms with van der Waals surface area (Å²) in [4.78, 5) is 16.8. The second kappa shape index (κ2) is 5.90.